The van der Waals surface area contributed by atoms with Gasteiger partial charge in [-0.3, -0.25) is 14.3 Å². The van der Waals surface area contributed by atoms with E-state index in [0.717, 1.165) is 29.5 Å². The van der Waals surface area contributed by atoms with E-state index in [2.05, 4.69) is 15.3 Å². The molecule has 2 aliphatic heterocycles. The molecule has 1 fully saturated rings. The number of hydrogen-bond acceptors (Lipinski definition) is 5. The van der Waals surface area contributed by atoms with Gasteiger partial charge in [-0.15, -0.1) is 5.10 Å². The second kappa shape index (κ2) is 11.0. The number of ether oxygens (including phenoxy) is 1. The van der Waals surface area contributed by atoms with Gasteiger partial charge in [0.1, 0.15) is 11.4 Å². The monoisotopic (exact) mass is 542 g/mol. The summed E-state index contributed by atoms with van der Waals surface area (Å²) >= 11 is 0. The van der Waals surface area contributed by atoms with Crippen LogP contribution in [0, 0.1) is 5.82 Å². The number of amides is 2. The van der Waals surface area contributed by atoms with Crippen LogP contribution in [0.2, 0.25) is 0 Å². The molecular formula is C30H31FN6O3. The van der Waals surface area contributed by atoms with Crippen LogP contribution in [0.3, 0.4) is 0 Å². The molecule has 2 aliphatic rings. The van der Waals surface area contributed by atoms with E-state index in [4.69, 9.17) is 4.74 Å². The first-order valence-corrected chi connectivity index (χ1v) is 13.6. The van der Waals surface area contributed by atoms with Gasteiger partial charge in [-0.05, 0) is 48.6 Å². The summed E-state index contributed by atoms with van der Waals surface area (Å²) in [6.45, 7) is 2.71. The van der Waals surface area contributed by atoms with Crippen LogP contribution in [0.5, 0.6) is 5.75 Å². The quantitative estimate of drug-likeness (QED) is 0.371. The van der Waals surface area contributed by atoms with Crippen molar-refractivity contribution in [1.29, 1.82) is 0 Å². The largest absolute Gasteiger partial charge is 0.496 e. The van der Waals surface area contributed by atoms with Crippen LogP contribution < -0.4 is 4.74 Å². The van der Waals surface area contributed by atoms with Crippen molar-refractivity contribution in [2.45, 2.75) is 32.2 Å². The highest BCUT2D eigenvalue weighted by atomic mass is 19.1. The molecule has 0 atom stereocenters. The average Bonchev–Trinajstić information content (AvgIpc) is 3.78. The number of rotatable bonds is 7. The first-order valence-electron chi connectivity index (χ1n) is 13.6. The predicted molar refractivity (Wildman–Crippen MR) is 149 cm³/mol. The third kappa shape index (κ3) is 4.85. The van der Waals surface area contributed by atoms with E-state index in [1.807, 2.05) is 36.4 Å². The molecule has 0 saturated carbocycles. The van der Waals surface area contributed by atoms with E-state index in [1.54, 1.807) is 40.1 Å². The number of nitrogens with zero attached hydrogens (tertiary/aromatic N) is 5. The fourth-order valence-corrected chi connectivity index (χ4v) is 5.66. The molecule has 1 N–H and O–H groups in total. The topological polar surface area (TPSA) is 96.3 Å². The fraction of sp³-hybridized carbons (Fsp3) is 0.333. The van der Waals surface area contributed by atoms with Crippen LogP contribution in [0.25, 0.3) is 27.6 Å². The zero-order valence-electron chi connectivity index (χ0n) is 22.4. The highest BCUT2D eigenvalue weighted by molar-refractivity contribution is 6.05. The molecule has 0 bridgehead atoms. The van der Waals surface area contributed by atoms with E-state index >= 15 is 4.39 Å². The van der Waals surface area contributed by atoms with Gasteiger partial charge in [0.25, 0.3) is 5.91 Å². The maximum atomic E-state index is 16.3. The Hall–Kier alpha value is -4.47. The lowest BCUT2D eigenvalue weighted by Crippen LogP contribution is -2.36. The van der Waals surface area contributed by atoms with Crippen LogP contribution in [0.1, 0.15) is 41.7 Å². The van der Waals surface area contributed by atoms with Gasteiger partial charge in [-0.25, -0.2) is 4.39 Å². The van der Waals surface area contributed by atoms with Gasteiger partial charge in [0.05, 0.1) is 25.4 Å². The highest BCUT2D eigenvalue weighted by Gasteiger charge is 2.27. The lowest BCUT2D eigenvalue weighted by molar-refractivity contribution is -0.131. The normalized spacial score (nSPS) is 15.5. The zero-order valence-corrected chi connectivity index (χ0v) is 22.4. The molecule has 0 spiro atoms. The standard InChI is InChI=1S/C30H31FN6O3/c1-40-26-9-3-2-8-21(26)23-17-22(20-7-6-14-36(19-20)27(38)10-15-37-16-11-32-34-37)28(31)29-24(23)18-25(33-29)30(39)35-12-4-5-13-35/h2-3,7-9,11,16-18,33H,4-6,10,12-15,19H2,1H3. The molecule has 4 aromatic rings. The Balaban J connectivity index is 1.39. The summed E-state index contributed by atoms with van der Waals surface area (Å²) in [5.74, 6) is 0.0716. The number of aromatic nitrogens is 4. The van der Waals surface area contributed by atoms with Gasteiger partial charge in [-0.2, -0.15) is 0 Å². The van der Waals surface area contributed by atoms with Gasteiger partial charge in [0.15, 0.2) is 5.82 Å². The Morgan fingerprint density at radius 2 is 1.88 bits per heavy atom. The number of H-pyrrole nitrogens is 1. The maximum absolute atomic E-state index is 16.3. The first kappa shape index (κ1) is 25.8. The summed E-state index contributed by atoms with van der Waals surface area (Å²) in [4.78, 5) is 32.9. The summed E-state index contributed by atoms with van der Waals surface area (Å²) < 4.78 is 23.6. The van der Waals surface area contributed by atoms with Gasteiger partial charge < -0.3 is 19.5 Å². The van der Waals surface area contributed by atoms with Crippen LogP contribution in [0.4, 0.5) is 4.39 Å². The van der Waals surface area contributed by atoms with Crippen molar-refractivity contribution >= 4 is 28.3 Å². The first-order chi connectivity index (χ1) is 19.5. The molecule has 40 heavy (non-hydrogen) atoms. The van der Waals surface area contributed by atoms with Gasteiger partial charge in [-0.1, -0.05) is 29.5 Å². The van der Waals surface area contributed by atoms with Crippen molar-refractivity contribution in [2.24, 2.45) is 0 Å². The van der Waals surface area contributed by atoms with Gasteiger partial charge >= 0.3 is 0 Å². The molecule has 10 heteroatoms. The Bertz CT molecular complexity index is 1590. The molecule has 6 rings (SSSR count). The van der Waals surface area contributed by atoms with E-state index in [9.17, 15) is 9.59 Å². The Kier molecular flexibility index (Phi) is 7.06. The maximum Gasteiger partial charge on any atom is 0.270 e. The summed E-state index contributed by atoms with van der Waals surface area (Å²) in [6.07, 6.45) is 8.14. The van der Waals surface area contributed by atoms with E-state index in [-0.39, 0.29) is 23.8 Å². The number of aromatic amines is 1. The number of carbonyl (C=O) groups is 2. The minimum atomic E-state index is -0.433. The van der Waals surface area contributed by atoms with Gasteiger partial charge in [0, 0.05) is 55.3 Å². The van der Waals surface area contributed by atoms with Crippen molar-refractivity contribution in [3.8, 4) is 16.9 Å². The van der Waals surface area contributed by atoms with E-state index in [0.29, 0.717) is 61.5 Å². The SMILES string of the molecule is COc1ccccc1-c1cc(C2=CCCN(C(=O)CCn3ccnn3)C2)c(F)c2[nH]c(C(=O)N3CCCC3)cc12. The third-order valence-corrected chi connectivity index (χ3v) is 7.75. The van der Waals surface area contributed by atoms with Crippen LogP contribution in [-0.2, 0) is 11.3 Å². The number of carbonyl (C=O) groups excluding carboxylic acids is 2. The minimum Gasteiger partial charge on any atom is -0.496 e. The predicted octanol–water partition coefficient (Wildman–Crippen LogP) is 4.52. The lowest BCUT2D eigenvalue weighted by Gasteiger charge is -2.28. The Labute approximate surface area is 231 Å². The van der Waals surface area contributed by atoms with Crippen molar-refractivity contribution in [3.05, 3.63) is 71.9 Å². The molecule has 9 nitrogen and oxygen atoms in total. The summed E-state index contributed by atoms with van der Waals surface area (Å²) in [5, 5.41) is 8.32. The van der Waals surface area contributed by atoms with Crippen molar-refractivity contribution in [2.75, 3.05) is 33.3 Å². The number of methoxy groups -OCH3 is 1. The number of para-hydroxylation sites is 1. The molecule has 0 aliphatic carbocycles. The summed E-state index contributed by atoms with van der Waals surface area (Å²) in [7, 11) is 1.60. The minimum absolute atomic E-state index is 0.0223. The molecule has 2 amide bonds. The van der Waals surface area contributed by atoms with Gasteiger partial charge in [0.2, 0.25) is 5.91 Å². The number of fused-ring (bicyclic) bond motifs is 1. The smallest absolute Gasteiger partial charge is 0.270 e. The summed E-state index contributed by atoms with van der Waals surface area (Å²) in [5.41, 5.74) is 3.34. The van der Waals surface area contributed by atoms with Crippen molar-refractivity contribution < 1.29 is 18.7 Å². The van der Waals surface area contributed by atoms with Crippen LogP contribution >= 0.6 is 0 Å². The zero-order chi connectivity index (χ0) is 27.6. The van der Waals surface area contributed by atoms with E-state index < -0.39 is 5.82 Å². The van der Waals surface area contributed by atoms with Crippen LogP contribution in [-0.4, -0.2) is 74.9 Å². The summed E-state index contributed by atoms with van der Waals surface area (Å²) in [6, 6.07) is 11.2. The molecule has 0 unspecified atom stereocenters. The Morgan fingerprint density at radius 3 is 2.65 bits per heavy atom. The van der Waals surface area contributed by atoms with Crippen molar-refractivity contribution in [3.63, 3.8) is 0 Å². The number of hydrogen-bond donors (Lipinski definition) is 1. The molecule has 206 valence electrons. The molecule has 0 radical (unpaired) electrons. The van der Waals surface area contributed by atoms with Crippen LogP contribution in [0.15, 0.2) is 54.9 Å². The number of aryl methyl sites for hydroxylation is 1. The number of likely N-dealkylation sites (tertiary alicyclic amines) is 1. The lowest BCUT2D eigenvalue weighted by atomic mass is 9.93. The highest BCUT2D eigenvalue weighted by Crippen LogP contribution is 2.40. The van der Waals surface area contributed by atoms with E-state index in [1.165, 1.54) is 0 Å². The molecule has 2 aromatic carbocycles. The second-order valence-corrected chi connectivity index (χ2v) is 10.2. The molecule has 2 aromatic heterocycles. The number of benzene rings is 2. The average molecular weight is 543 g/mol. The Morgan fingerprint density at radius 1 is 1.05 bits per heavy atom. The molecule has 4 heterocycles. The number of nitrogens with one attached hydrogen (secondary N) is 1. The fourth-order valence-electron chi connectivity index (χ4n) is 5.66. The second-order valence-electron chi connectivity index (χ2n) is 10.2. The third-order valence-electron chi connectivity index (χ3n) is 7.75. The number of halogens is 1. The molecule has 1 saturated heterocycles. The molecular weight excluding hydrogens is 511 g/mol. The van der Waals surface area contributed by atoms with Crippen molar-refractivity contribution in [1.82, 2.24) is 29.8 Å².